The Balaban J connectivity index is 1.92. The molecule has 2 N–H and O–H groups in total. The summed E-state index contributed by atoms with van der Waals surface area (Å²) < 4.78 is 5.58. The van der Waals surface area contributed by atoms with Gasteiger partial charge in [-0.15, -0.1) is 0 Å². The maximum absolute atomic E-state index is 12.4. The molecule has 4 nitrogen and oxygen atoms in total. The molecule has 0 spiro atoms. The summed E-state index contributed by atoms with van der Waals surface area (Å²) in [5, 5.41) is 0. The highest BCUT2D eigenvalue weighted by atomic mass is 16.5. The van der Waals surface area contributed by atoms with E-state index in [0.29, 0.717) is 26.1 Å². The largest absolute Gasteiger partial charge is 0.373 e. The zero-order chi connectivity index (χ0) is 14.5. The van der Waals surface area contributed by atoms with Crippen LogP contribution < -0.4 is 5.73 Å². The first-order valence-electron chi connectivity index (χ1n) is 7.27. The monoisotopic (exact) mass is 276 g/mol. The van der Waals surface area contributed by atoms with Gasteiger partial charge >= 0.3 is 0 Å². The molecule has 0 aliphatic carbocycles. The van der Waals surface area contributed by atoms with Gasteiger partial charge in [0, 0.05) is 19.5 Å². The summed E-state index contributed by atoms with van der Waals surface area (Å²) in [4.78, 5) is 14.3. The standard InChI is InChI=1S/C16H24N2O2/c1-12-5-3-4-6-14(12)7-8-16(19)18-10-15(9-17)20-11-13(18)2/h3-6,13,15H,7-11,17H2,1-2H3. The summed E-state index contributed by atoms with van der Waals surface area (Å²) in [6.45, 7) is 5.77. The van der Waals surface area contributed by atoms with Gasteiger partial charge in [-0.05, 0) is 31.4 Å². The van der Waals surface area contributed by atoms with Crippen LogP contribution in [0.1, 0.15) is 24.5 Å². The Bertz CT molecular complexity index is 462. The molecule has 0 radical (unpaired) electrons. The van der Waals surface area contributed by atoms with Crippen LogP contribution >= 0.6 is 0 Å². The molecule has 1 aromatic rings. The van der Waals surface area contributed by atoms with E-state index in [4.69, 9.17) is 10.5 Å². The van der Waals surface area contributed by atoms with E-state index >= 15 is 0 Å². The van der Waals surface area contributed by atoms with E-state index in [1.807, 2.05) is 24.0 Å². The number of hydrogen-bond acceptors (Lipinski definition) is 3. The molecular formula is C16H24N2O2. The van der Waals surface area contributed by atoms with Crippen molar-refractivity contribution in [2.45, 2.75) is 38.8 Å². The van der Waals surface area contributed by atoms with E-state index < -0.39 is 0 Å². The van der Waals surface area contributed by atoms with Crippen LogP contribution in [0.25, 0.3) is 0 Å². The average Bonchev–Trinajstić information content (AvgIpc) is 2.46. The summed E-state index contributed by atoms with van der Waals surface area (Å²) >= 11 is 0. The first kappa shape index (κ1) is 15.0. The molecular weight excluding hydrogens is 252 g/mol. The van der Waals surface area contributed by atoms with Crippen LogP contribution in [0.3, 0.4) is 0 Å². The highest BCUT2D eigenvalue weighted by Gasteiger charge is 2.28. The lowest BCUT2D eigenvalue weighted by Crippen LogP contribution is -2.52. The molecule has 0 saturated carbocycles. The molecule has 1 fully saturated rings. The van der Waals surface area contributed by atoms with Gasteiger partial charge in [0.2, 0.25) is 5.91 Å². The molecule has 1 saturated heterocycles. The topological polar surface area (TPSA) is 55.6 Å². The lowest BCUT2D eigenvalue weighted by molar-refractivity contribution is -0.143. The van der Waals surface area contributed by atoms with Gasteiger partial charge in [-0.2, -0.15) is 0 Å². The predicted octanol–water partition coefficient (Wildman–Crippen LogP) is 1.50. The number of rotatable bonds is 4. The van der Waals surface area contributed by atoms with Gasteiger partial charge in [0.1, 0.15) is 0 Å². The van der Waals surface area contributed by atoms with Crippen LogP contribution in [0, 0.1) is 6.92 Å². The van der Waals surface area contributed by atoms with Gasteiger partial charge in [-0.1, -0.05) is 24.3 Å². The third-order valence-corrected chi connectivity index (χ3v) is 3.96. The van der Waals surface area contributed by atoms with Gasteiger partial charge in [0.05, 0.1) is 18.8 Å². The normalized spacial score (nSPS) is 22.9. The maximum Gasteiger partial charge on any atom is 0.223 e. The summed E-state index contributed by atoms with van der Waals surface area (Å²) in [5.41, 5.74) is 8.13. The number of carbonyl (C=O) groups is 1. The number of morpholine rings is 1. The Morgan fingerprint density at radius 1 is 1.45 bits per heavy atom. The van der Waals surface area contributed by atoms with Crippen molar-refractivity contribution in [3.8, 4) is 0 Å². The maximum atomic E-state index is 12.4. The van der Waals surface area contributed by atoms with Crippen molar-refractivity contribution < 1.29 is 9.53 Å². The number of benzene rings is 1. The third kappa shape index (κ3) is 3.58. The summed E-state index contributed by atoms with van der Waals surface area (Å²) in [6, 6.07) is 8.36. The van der Waals surface area contributed by atoms with E-state index in [1.165, 1.54) is 11.1 Å². The van der Waals surface area contributed by atoms with Gasteiger partial charge in [0.15, 0.2) is 0 Å². The van der Waals surface area contributed by atoms with Crippen molar-refractivity contribution in [1.82, 2.24) is 4.90 Å². The highest BCUT2D eigenvalue weighted by molar-refractivity contribution is 5.77. The van der Waals surface area contributed by atoms with Crippen molar-refractivity contribution in [3.05, 3.63) is 35.4 Å². The van der Waals surface area contributed by atoms with E-state index in [0.717, 1.165) is 6.42 Å². The minimum absolute atomic E-state index is 0.0198. The van der Waals surface area contributed by atoms with Crippen LogP contribution in [-0.4, -0.2) is 42.6 Å². The van der Waals surface area contributed by atoms with Crippen LogP contribution in [0.2, 0.25) is 0 Å². The van der Waals surface area contributed by atoms with Crippen molar-refractivity contribution >= 4 is 5.91 Å². The first-order chi connectivity index (χ1) is 9.61. The Kier molecular flexibility index (Phi) is 5.15. The molecule has 1 amide bonds. The molecule has 1 aliphatic rings. The van der Waals surface area contributed by atoms with Gasteiger partial charge in [-0.3, -0.25) is 4.79 Å². The zero-order valence-electron chi connectivity index (χ0n) is 12.3. The van der Waals surface area contributed by atoms with E-state index in [1.54, 1.807) is 0 Å². The Morgan fingerprint density at radius 2 is 2.20 bits per heavy atom. The molecule has 1 aromatic carbocycles. The molecule has 20 heavy (non-hydrogen) atoms. The molecule has 110 valence electrons. The SMILES string of the molecule is Cc1ccccc1CCC(=O)N1CC(CN)OCC1C. The average molecular weight is 276 g/mol. The molecule has 0 bridgehead atoms. The molecule has 2 unspecified atom stereocenters. The number of aryl methyl sites for hydroxylation is 2. The first-order valence-corrected chi connectivity index (χ1v) is 7.27. The number of amides is 1. The van der Waals surface area contributed by atoms with Gasteiger partial charge < -0.3 is 15.4 Å². The fraction of sp³-hybridized carbons (Fsp3) is 0.562. The number of carbonyl (C=O) groups excluding carboxylic acids is 1. The summed E-state index contributed by atoms with van der Waals surface area (Å²) in [7, 11) is 0. The molecule has 1 heterocycles. The fourth-order valence-electron chi connectivity index (χ4n) is 2.58. The van der Waals surface area contributed by atoms with Gasteiger partial charge in [-0.25, -0.2) is 0 Å². The van der Waals surface area contributed by atoms with E-state index in [9.17, 15) is 4.79 Å². The predicted molar refractivity (Wildman–Crippen MR) is 79.5 cm³/mol. The molecule has 0 aromatic heterocycles. The quantitative estimate of drug-likeness (QED) is 0.906. The summed E-state index contributed by atoms with van der Waals surface area (Å²) in [6.07, 6.45) is 1.32. The van der Waals surface area contributed by atoms with E-state index in [2.05, 4.69) is 19.1 Å². The van der Waals surface area contributed by atoms with Crippen LogP contribution in [0.15, 0.2) is 24.3 Å². The van der Waals surface area contributed by atoms with Crippen molar-refractivity contribution in [2.24, 2.45) is 5.73 Å². The number of nitrogens with two attached hydrogens (primary N) is 1. The minimum atomic E-state index is -0.0198. The van der Waals surface area contributed by atoms with Crippen molar-refractivity contribution in [2.75, 3.05) is 19.7 Å². The van der Waals surface area contributed by atoms with E-state index in [-0.39, 0.29) is 18.1 Å². The molecule has 2 rings (SSSR count). The Labute approximate surface area is 120 Å². The second-order valence-electron chi connectivity index (χ2n) is 5.51. The Morgan fingerprint density at radius 3 is 2.90 bits per heavy atom. The third-order valence-electron chi connectivity index (χ3n) is 3.96. The summed E-state index contributed by atoms with van der Waals surface area (Å²) in [5.74, 6) is 0.197. The second-order valence-corrected chi connectivity index (χ2v) is 5.51. The molecule has 2 atom stereocenters. The zero-order valence-corrected chi connectivity index (χ0v) is 12.3. The van der Waals surface area contributed by atoms with Crippen molar-refractivity contribution in [1.29, 1.82) is 0 Å². The van der Waals surface area contributed by atoms with Gasteiger partial charge in [0.25, 0.3) is 0 Å². The lowest BCUT2D eigenvalue weighted by atomic mass is 10.0. The molecule has 1 aliphatic heterocycles. The van der Waals surface area contributed by atoms with Crippen LogP contribution in [0.4, 0.5) is 0 Å². The number of hydrogen-bond donors (Lipinski definition) is 1. The highest BCUT2D eigenvalue weighted by Crippen LogP contribution is 2.15. The number of ether oxygens (including phenoxy) is 1. The smallest absolute Gasteiger partial charge is 0.223 e. The van der Waals surface area contributed by atoms with Crippen molar-refractivity contribution in [3.63, 3.8) is 0 Å². The molecule has 4 heteroatoms. The van der Waals surface area contributed by atoms with Crippen LogP contribution in [0.5, 0.6) is 0 Å². The minimum Gasteiger partial charge on any atom is -0.373 e. The lowest BCUT2D eigenvalue weighted by Gasteiger charge is -2.37. The van der Waals surface area contributed by atoms with Crippen LogP contribution in [-0.2, 0) is 16.0 Å². The Hall–Kier alpha value is -1.39. The fourth-order valence-corrected chi connectivity index (χ4v) is 2.58. The second kappa shape index (κ2) is 6.86. The number of nitrogens with zero attached hydrogens (tertiary/aromatic N) is 1.